The summed E-state index contributed by atoms with van der Waals surface area (Å²) in [5.41, 5.74) is 3.74. The number of anilines is 1. The third-order valence-electron chi connectivity index (χ3n) is 4.59. The van der Waals surface area contributed by atoms with E-state index in [0.29, 0.717) is 34.2 Å². The summed E-state index contributed by atoms with van der Waals surface area (Å²) in [6.45, 7) is 4.99. The molecule has 0 bridgehead atoms. The molecule has 0 spiro atoms. The topological polar surface area (TPSA) is 103 Å². The first-order valence-electron chi connectivity index (χ1n) is 9.30. The highest BCUT2D eigenvalue weighted by Crippen LogP contribution is 2.20. The van der Waals surface area contributed by atoms with Gasteiger partial charge < -0.3 is 9.84 Å². The van der Waals surface area contributed by atoms with Gasteiger partial charge in [-0.25, -0.2) is 4.68 Å². The van der Waals surface area contributed by atoms with Crippen LogP contribution in [0.3, 0.4) is 0 Å². The van der Waals surface area contributed by atoms with Crippen molar-refractivity contribution in [1.29, 1.82) is 0 Å². The maximum atomic E-state index is 12.7. The average Bonchev–Trinajstić information content (AvgIpc) is 3.34. The normalized spacial score (nSPS) is 10.8. The fraction of sp³-hybridized carbons (Fsp3) is 0.136. The molecule has 0 atom stereocenters. The SMILES string of the molecule is CC(=O)c1cccc(NC(=O)c2cn(-c3ccc(-c4noc(C)n4)cc3)nc2C)c1. The summed E-state index contributed by atoms with van der Waals surface area (Å²) < 4.78 is 6.65. The van der Waals surface area contributed by atoms with E-state index in [4.69, 9.17) is 4.52 Å². The van der Waals surface area contributed by atoms with Gasteiger partial charge in [0.2, 0.25) is 11.7 Å². The van der Waals surface area contributed by atoms with Gasteiger partial charge in [0.25, 0.3) is 5.91 Å². The molecule has 2 heterocycles. The zero-order chi connectivity index (χ0) is 21.3. The molecule has 0 saturated heterocycles. The maximum Gasteiger partial charge on any atom is 0.259 e. The number of aryl methyl sites for hydroxylation is 2. The number of hydrogen-bond acceptors (Lipinski definition) is 6. The minimum Gasteiger partial charge on any atom is -0.339 e. The number of nitrogens with one attached hydrogen (secondary N) is 1. The van der Waals surface area contributed by atoms with Gasteiger partial charge in [-0.3, -0.25) is 9.59 Å². The van der Waals surface area contributed by atoms with Crippen molar-refractivity contribution < 1.29 is 14.1 Å². The van der Waals surface area contributed by atoms with Crippen LogP contribution in [0, 0.1) is 13.8 Å². The Morgan fingerprint density at radius 2 is 1.83 bits per heavy atom. The number of carbonyl (C=O) groups is 2. The van der Waals surface area contributed by atoms with Gasteiger partial charge in [-0.15, -0.1) is 0 Å². The Bertz CT molecular complexity index is 1240. The van der Waals surface area contributed by atoms with Crippen molar-refractivity contribution in [2.75, 3.05) is 5.32 Å². The molecule has 0 unspecified atom stereocenters. The van der Waals surface area contributed by atoms with Gasteiger partial charge in [0.15, 0.2) is 5.78 Å². The van der Waals surface area contributed by atoms with E-state index >= 15 is 0 Å². The molecule has 4 rings (SSSR count). The van der Waals surface area contributed by atoms with Gasteiger partial charge >= 0.3 is 0 Å². The molecule has 0 aliphatic rings. The fourth-order valence-corrected chi connectivity index (χ4v) is 3.01. The number of benzene rings is 2. The summed E-state index contributed by atoms with van der Waals surface area (Å²) in [6.07, 6.45) is 1.67. The molecule has 8 heteroatoms. The van der Waals surface area contributed by atoms with Crippen molar-refractivity contribution in [2.24, 2.45) is 0 Å². The van der Waals surface area contributed by atoms with Crippen molar-refractivity contribution in [3.63, 3.8) is 0 Å². The van der Waals surface area contributed by atoms with Crippen LogP contribution in [-0.4, -0.2) is 31.6 Å². The van der Waals surface area contributed by atoms with Crippen molar-refractivity contribution >= 4 is 17.4 Å². The van der Waals surface area contributed by atoms with Crippen LogP contribution in [0.5, 0.6) is 0 Å². The van der Waals surface area contributed by atoms with E-state index in [1.54, 1.807) is 49.0 Å². The Morgan fingerprint density at radius 1 is 1.07 bits per heavy atom. The summed E-state index contributed by atoms with van der Waals surface area (Å²) in [5.74, 6) is 0.665. The highest BCUT2D eigenvalue weighted by molar-refractivity contribution is 6.05. The van der Waals surface area contributed by atoms with Crippen LogP contribution in [0.1, 0.15) is 39.2 Å². The third-order valence-corrected chi connectivity index (χ3v) is 4.59. The number of nitrogens with zero attached hydrogens (tertiary/aromatic N) is 4. The highest BCUT2D eigenvalue weighted by atomic mass is 16.5. The number of ketones is 1. The third kappa shape index (κ3) is 3.88. The molecular formula is C22H19N5O3. The first-order valence-corrected chi connectivity index (χ1v) is 9.30. The van der Waals surface area contributed by atoms with E-state index in [-0.39, 0.29) is 11.7 Å². The molecule has 30 heavy (non-hydrogen) atoms. The van der Waals surface area contributed by atoms with Gasteiger partial charge in [0.1, 0.15) is 0 Å². The predicted molar refractivity (Wildman–Crippen MR) is 111 cm³/mol. The van der Waals surface area contributed by atoms with Gasteiger partial charge in [-0.1, -0.05) is 17.3 Å². The standard InChI is InChI=1S/C22H19N5O3/c1-13-20(22(29)24-18-6-4-5-17(11-18)14(2)28)12-27(25-13)19-9-7-16(8-10-19)21-23-15(3)30-26-21/h4-12H,1-3H3,(H,24,29). The second-order valence-electron chi connectivity index (χ2n) is 6.85. The average molecular weight is 401 g/mol. The molecule has 150 valence electrons. The zero-order valence-corrected chi connectivity index (χ0v) is 16.7. The van der Waals surface area contributed by atoms with E-state index in [2.05, 4.69) is 20.6 Å². The van der Waals surface area contributed by atoms with Gasteiger partial charge in [-0.2, -0.15) is 10.1 Å². The summed E-state index contributed by atoms with van der Waals surface area (Å²) in [4.78, 5) is 28.5. The molecule has 2 aromatic carbocycles. The first-order chi connectivity index (χ1) is 14.4. The predicted octanol–water partition coefficient (Wildman–Crippen LogP) is 3.99. The molecule has 0 radical (unpaired) electrons. The zero-order valence-electron chi connectivity index (χ0n) is 16.7. The molecule has 1 amide bonds. The van der Waals surface area contributed by atoms with Crippen LogP contribution in [-0.2, 0) is 0 Å². The number of hydrogen-bond donors (Lipinski definition) is 1. The summed E-state index contributed by atoms with van der Waals surface area (Å²) in [6, 6.07) is 14.3. The van der Waals surface area contributed by atoms with Crippen LogP contribution in [0.4, 0.5) is 5.69 Å². The molecule has 2 aromatic heterocycles. The Labute approximate surface area is 172 Å². The van der Waals surface area contributed by atoms with Crippen molar-refractivity contribution in [1.82, 2.24) is 19.9 Å². The van der Waals surface area contributed by atoms with E-state index < -0.39 is 0 Å². The van der Waals surface area contributed by atoms with E-state index in [0.717, 1.165) is 11.3 Å². The van der Waals surface area contributed by atoms with Crippen LogP contribution in [0.15, 0.2) is 59.3 Å². The van der Waals surface area contributed by atoms with Crippen molar-refractivity contribution in [3.8, 4) is 17.1 Å². The van der Waals surface area contributed by atoms with E-state index in [1.165, 1.54) is 6.92 Å². The number of Topliss-reactive ketones (excluding diaryl/α,β-unsaturated/α-hetero) is 1. The lowest BCUT2D eigenvalue weighted by Crippen LogP contribution is -2.12. The molecule has 0 aliphatic heterocycles. The van der Waals surface area contributed by atoms with Gasteiger partial charge in [-0.05, 0) is 50.2 Å². The van der Waals surface area contributed by atoms with Gasteiger partial charge in [0, 0.05) is 29.9 Å². The number of amides is 1. The second-order valence-corrected chi connectivity index (χ2v) is 6.85. The minimum atomic E-state index is -0.293. The van der Waals surface area contributed by atoms with E-state index in [1.807, 2.05) is 24.3 Å². The number of rotatable bonds is 5. The highest BCUT2D eigenvalue weighted by Gasteiger charge is 2.15. The van der Waals surface area contributed by atoms with Crippen molar-refractivity contribution in [3.05, 3.63) is 77.4 Å². The Morgan fingerprint density at radius 3 is 2.50 bits per heavy atom. The minimum absolute atomic E-state index is 0.0606. The molecule has 0 aliphatic carbocycles. The first kappa shape index (κ1) is 19.3. The van der Waals surface area contributed by atoms with Crippen LogP contribution in [0.25, 0.3) is 17.1 Å². The lowest BCUT2D eigenvalue weighted by molar-refractivity contribution is 0.101. The lowest BCUT2D eigenvalue weighted by Gasteiger charge is -2.05. The molecule has 4 aromatic rings. The summed E-state index contributed by atoms with van der Waals surface area (Å²) >= 11 is 0. The van der Waals surface area contributed by atoms with Crippen LogP contribution < -0.4 is 5.32 Å². The van der Waals surface area contributed by atoms with Crippen LogP contribution in [0.2, 0.25) is 0 Å². The molecule has 8 nitrogen and oxygen atoms in total. The Hall–Kier alpha value is -4.07. The van der Waals surface area contributed by atoms with Gasteiger partial charge in [0.05, 0.1) is 16.9 Å². The smallest absolute Gasteiger partial charge is 0.259 e. The molecular weight excluding hydrogens is 382 g/mol. The summed E-state index contributed by atoms with van der Waals surface area (Å²) in [7, 11) is 0. The molecule has 0 saturated carbocycles. The largest absolute Gasteiger partial charge is 0.339 e. The number of aromatic nitrogens is 4. The lowest BCUT2D eigenvalue weighted by atomic mass is 10.1. The molecule has 1 N–H and O–H groups in total. The molecule has 0 fully saturated rings. The Kier molecular flexibility index (Phi) is 4.97. The van der Waals surface area contributed by atoms with Crippen molar-refractivity contribution in [2.45, 2.75) is 20.8 Å². The van der Waals surface area contributed by atoms with Crippen LogP contribution >= 0.6 is 0 Å². The second kappa shape index (κ2) is 7.75. The van der Waals surface area contributed by atoms with E-state index in [9.17, 15) is 9.59 Å². The quantitative estimate of drug-likeness (QED) is 0.507. The summed E-state index contributed by atoms with van der Waals surface area (Å²) in [5, 5.41) is 11.2. The Balaban J connectivity index is 1.55. The monoisotopic (exact) mass is 401 g/mol. The number of carbonyl (C=O) groups excluding carboxylic acids is 2. The maximum absolute atomic E-state index is 12.7. The fourth-order valence-electron chi connectivity index (χ4n) is 3.01.